The summed E-state index contributed by atoms with van der Waals surface area (Å²) < 4.78 is 0. The molecule has 6 nitrogen and oxygen atoms in total. The van der Waals surface area contributed by atoms with Crippen molar-refractivity contribution in [1.29, 1.82) is 0 Å². The third kappa shape index (κ3) is 7.65. The minimum absolute atomic E-state index is 0.0251. The maximum atomic E-state index is 12.6. The summed E-state index contributed by atoms with van der Waals surface area (Å²) in [5, 5.41) is 10.8. The zero-order valence-electron chi connectivity index (χ0n) is 19.8. The number of nitrogens with one attached hydrogen (secondary N) is 3. The molecule has 0 radical (unpaired) electrons. The zero-order valence-corrected chi connectivity index (χ0v) is 22.9. The van der Waals surface area contributed by atoms with E-state index in [1.165, 1.54) is 0 Å². The molecule has 2 fully saturated rings. The van der Waals surface area contributed by atoms with Gasteiger partial charge in [-0.1, -0.05) is 58.9 Å². The minimum atomic E-state index is -0.349. The molecule has 1 saturated carbocycles. The lowest BCUT2D eigenvalue weighted by atomic mass is 9.84. The van der Waals surface area contributed by atoms with Gasteiger partial charge in [0.2, 0.25) is 5.91 Å². The third-order valence-electron chi connectivity index (χ3n) is 6.93. The molecule has 2 unspecified atom stereocenters. The van der Waals surface area contributed by atoms with Crippen molar-refractivity contribution in [3.05, 3.63) is 62.1 Å². The molecule has 36 heavy (non-hydrogen) atoms. The Morgan fingerprint density at radius 3 is 2.39 bits per heavy atom. The highest BCUT2D eigenvalue weighted by Crippen LogP contribution is 2.29. The highest BCUT2D eigenvalue weighted by Gasteiger charge is 2.30. The molecular weight excluding hydrogens is 542 g/mol. The van der Waals surface area contributed by atoms with Gasteiger partial charge in [0.25, 0.3) is 0 Å². The predicted molar refractivity (Wildman–Crippen MR) is 148 cm³/mol. The Balaban J connectivity index is 1.33. The number of carbonyl (C=O) groups is 2. The molecule has 3 N–H and O–H groups in total. The summed E-state index contributed by atoms with van der Waals surface area (Å²) in [6.45, 7) is 3.03. The third-order valence-corrected chi connectivity index (χ3v) is 8.11. The van der Waals surface area contributed by atoms with Crippen molar-refractivity contribution in [3.63, 3.8) is 0 Å². The molecule has 1 heterocycles. The second-order valence-electron chi connectivity index (χ2n) is 9.57. The molecule has 1 aliphatic carbocycles. The lowest BCUT2D eigenvalue weighted by molar-refractivity contribution is -0.128. The van der Waals surface area contributed by atoms with Crippen molar-refractivity contribution in [1.82, 2.24) is 15.5 Å². The molecular formula is C26H30Cl4N4O2. The average molecular weight is 572 g/mol. The average Bonchev–Trinajstić information content (AvgIpc) is 3.21. The molecule has 0 spiro atoms. The predicted octanol–water partition coefficient (Wildman–Crippen LogP) is 6.59. The second-order valence-corrected chi connectivity index (χ2v) is 11.3. The van der Waals surface area contributed by atoms with Crippen molar-refractivity contribution < 1.29 is 9.59 Å². The molecule has 0 aromatic heterocycles. The van der Waals surface area contributed by atoms with Gasteiger partial charge in [-0.25, -0.2) is 4.79 Å². The van der Waals surface area contributed by atoms with Crippen LogP contribution in [0.2, 0.25) is 20.1 Å². The molecule has 3 amide bonds. The van der Waals surface area contributed by atoms with E-state index in [2.05, 4.69) is 20.9 Å². The summed E-state index contributed by atoms with van der Waals surface area (Å²) in [6, 6.07) is 10.3. The van der Waals surface area contributed by atoms with E-state index in [9.17, 15) is 9.59 Å². The Labute approximate surface area is 232 Å². The van der Waals surface area contributed by atoms with Gasteiger partial charge in [-0.15, -0.1) is 0 Å². The first-order valence-electron chi connectivity index (χ1n) is 12.3. The van der Waals surface area contributed by atoms with E-state index in [0.717, 1.165) is 57.3 Å². The number of urea groups is 1. The van der Waals surface area contributed by atoms with Crippen LogP contribution in [0, 0.1) is 5.92 Å². The van der Waals surface area contributed by atoms with E-state index in [4.69, 9.17) is 46.4 Å². The van der Waals surface area contributed by atoms with Crippen molar-refractivity contribution in [2.75, 3.05) is 31.5 Å². The lowest BCUT2D eigenvalue weighted by Gasteiger charge is -2.26. The number of rotatable bonds is 9. The van der Waals surface area contributed by atoms with E-state index >= 15 is 0 Å². The number of nitrogens with zero attached hydrogens (tertiary/aromatic N) is 1. The first-order chi connectivity index (χ1) is 17.3. The van der Waals surface area contributed by atoms with Gasteiger partial charge in [-0.2, -0.15) is 0 Å². The zero-order chi connectivity index (χ0) is 25.7. The van der Waals surface area contributed by atoms with Gasteiger partial charge in [-0.05, 0) is 68.1 Å². The highest BCUT2D eigenvalue weighted by atomic mass is 35.5. The Morgan fingerprint density at radius 1 is 0.972 bits per heavy atom. The summed E-state index contributed by atoms with van der Waals surface area (Å²) in [5.74, 6) is 0.438. The van der Waals surface area contributed by atoms with Gasteiger partial charge in [0.05, 0.1) is 10.0 Å². The molecule has 194 valence electrons. The summed E-state index contributed by atoms with van der Waals surface area (Å²) >= 11 is 24.5. The molecule has 10 heteroatoms. The van der Waals surface area contributed by atoms with Gasteiger partial charge in [0.15, 0.2) is 0 Å². The van der Waals surface area contributed by atoms with Crippen LogP contribution in [0.4, 0.5) is 10.5 Å². The van der Waals surface area contributed by atoms with E-state index < -0.39 is 0 Å². The smallest absolute Gasteiger partial charge is 0.319 e. The first kappa shape index (κ1) is 27.3. The molecule has 1 aliphatic heterocycles. The van der Waals surface area contributed by atoms with Crippen LogP contribution in [-0.4, -0.2) is 49.1 Å². The topological polar surface area (TPSA) is 73.5 Å². The SMILES string of the molecule is O=C(NCC(CCN1CCC(NC(=O)C2CCC2)C1)c1ccc(Cl)c(Cl)c1)Nc1cc(Cl)cc(Cl)c1. The largest absolute Gasteiger partial charge is 0.352 e. The molecule has 2 aliphatic rings. The van der Waals surface area contributed by atoms with E-state index in [1.807, 2.05) is 12.1 Å². The number of benzene rings is 2. The number of halogens is 4. The van der Waals surface area contributed by atoms with Crippen LogP contribution in [-0.2, 0) is 4.79 Å². The molecule has 2 aromatic rings. The van der Waals surface area contributed by atoms with Crippen molar-refractivity contribution in [2.45, 2.75) is 44.1 Å². The Kier molecular flexibility index (Phi) is 9.65. The fraction of sp³-hybridized carbons (Fsp3) is 0.462. The van der Waals surface area contributed by atoms with Crippen molar-refractivity contribution in [3.8, 4) is 0 Å². The summed E-state index contributed by atoms with van der Waals surface area (Å²) in [7, 11) is 0. The van der Waals surface area contributed by atoms with E-state index in [-0.39, 0.29) is 29.8 Å². The molecule has 0 bridgehead atoms. The Bertz CT molecular complexity index is 1080. The van der Waals surface area contributed by atoms with Crippen LogP contribution < -0.4 is 16.0 Å². The fourth-order valence-corrected chi connectivity index (χ4v) is 5.48. The van der Waals surface area contributed by atoms with Crippen LogP contribution in [0.5, 0.6) is 0 Å². The van der Waals surface area contributed by atoms with Gasteiger partial charge in [-0.3, -0.25) is 4.79 Å². The molecule has 2 atom stereocenters. The van der Waals surface area contributed by atoms with E-state index in [0.29, 0.717) is 32.3 Å². The summed E-state index contributed by atoms with van der Waals surface area (Å²) in [4.78, 5) is 27.2. The van der Waals surface area contributed by atoms with Crippen LogP contribution in [0.15, 0.2) is 36.4 Å². The maximum absolute atomic E-state index is 12.6. The number of amides is 3. The summed E-state index contributed by atoms with van der Waals surface area (Å²) in [6.07, 6.45) is 4.95. The highest BCUT2D eigenvalue weighted by molar-refractivity contribution is 6.42. The second kappa shape index (κ2) is 12.7. The monoisotopic (exact) mass is 570 g/mol. The molecule has 1 saturated heterocycles. The lowest BCUT2D eigenvalue weighted by Crippen LogP contribution is -2.42. The van der Waals surface area contributed by atoms with Gasteiger partial charge in [0.1, 0.15) is 0 Å². The Morgan fingerprint density at radius 2 is 1.72 bits per heavy atom. The minimum Gasteiger partial charge on any atom is -0.352 e. The standard InChI is InChI=1S/C26H30Cl4N4O2/c27-19-11-20(28)13-22(12-19)33-26(36)31-14-18(17-4-5-23(29)24(30)10-17)6-8-34-9-7-21(15-34)32-25(35)16-2-1-3-16/h4-5,10-13,16,18,21H,1-3,6-9,14-15H2,(H,32,35)(H2,31,33,36). The fourth-order valence-electron chi connectivity index (χ4n) is 4.65. The van der Waals surface area contributed by atoms with Gasteiger partial charge in [0, 0.05) is 53.2 Å². The molecule has 4 rings (SSSR count). The number of anilines is 1. The summed E-state index contributed by atoms with van der Waals surface area (Å²) in [5.41, 5.74) is 1.52. The maximum Gasteiger partial charge on any atom is 0.319 e. The number of likely N-dealkylation sites (tertiary alicyclic amines) is 1. The van der Waals surface area contributed by atoms with Crippen LogP contribution in [0.25, 0.3) is 0 Å². The number of carbonyl (C=O) groups excluding carboxylic acids is 2. The normalized spacial score (nSPS) is 18.9. The van der Waals surface area contributed by atoms with Crippen molar-refractivity contribution >= 4 is 64.0 Å². The van der Waals surface area contributed by atoms with Gasteiger partial charge >= 0.3 is 6.03 Å². The van der Waals surface area contributed by atoms with Crippen LogP contribution in [0.1, 0.15) is 43.6 Å². The van der Waals surface area contributed by atoms with Crippen LogP contribution in [0.3, 0.4) is 0 Å². The number of hydrogen-bond acceptors (Lipinski definition) is 3. The van der Waals surface area contributed by atoms with Gasteiger partial charge < -0.3 is 20.9 Å². The van der Waals surface area contributed by atoms with Crippen LogP contribution >= 0.6 is 46.4 Å². The van der Waals surface area contributed by atoms with Crippen molar-refractivity contribution in [2.24, 2.45) is 5.92 Å². The first-order valence-corrected chi connectivity index (χ1v) is 13.8. The number of hydrogen-bond donors (Lipinski definition) is 3. The quantitative estimate of drug-likeness (QED) is 0.318. The van der Waals surface area contributed by atoms with E-state index in [1.54, 1.807) is 24.3 Å². The Hall–Kier alpha value is -1.70. The molecule has 2 aromatic carbocycles.